The first-order chi connectivity index (χ1) is 19.1. The number of hydrogen-bond acceptors (Lipinski definition) is 10. The van der Waals surface area contributed by atoms with E-state index >= 15 is 0 Å². The predicted molar refractivity (Wildman–Crippen MR) is 147 cm³/mol. The van der Waals surface area contributed by atoms with E-state index in [2.05, 4.69) is 30.7 Å². The summed E-state index contributed by atoms with van der Waals surface area (Å²) in [6.45, 7) is 1.76. The van der Waals surface area contributed by atoms with E-state index in [0.29, 0.717) is 28.6 Å². The van der Waals surface area contributed by atoms with Gasteiger partial charge in [-0.1, -0.05) is 47.6 Å². The van der Waals surface area contributed by atoms with Gasteiger partial charge in [-0.05, 0) is 47.8 Å². The lowest BCUT2D eigenvalue weighted by atomic mass is 9.79. The summed E-state index contributed by atoms with van der Waals surface area (Å²) in [5.41, 5.74) is 5.19. The molecule has 0 aliphatic carbocycles. The van der Waals surface area contributed by atoms with Crippen LogP contribution in [0.25, 0.3) is 23.0 Å². The van der Waals surface area contributed by atoms with Crippen molar-refractivity contribution < 1.29 is 19.3 Å². The summed E-state index contributed by atoms with van der Waals surface area (Å²) in [5, 5.41) is 31.1. The average Bonchev–Trinajstić information content (AvgIpc) is 3.57. The van der Waals surface area contributed by atoms with Crippen molar-refractivity contribution in [3.05, 3.63) is 96.3 Å². The number of fused-ring (bicyclic) bond motifs is 1. The molecule has 0 bridgehead atoms. The lowest BCUT2D eigenvalue weighted by Gasteiger charge is -2.20. The van der Waals surface area contributed by atoms with Gasteiger partial charge in [0.1, 0.15) is 11.5 Å². The van der Waals surface area contributed by atoms with Gasteiger partial charge in [0.05, 0.1) is 30.0 Å². The standard InChI is InChI=1S/C28H25BN6O4/c1-17-20-13-19(10-11-22(20)29(37)38-17)32-26-14-24(33-25(16-36)18-7-3-2-4-8-18)21(15-31-26)28-34-27(35-39-28)23-9-5-6-12-30-23/h2-15,17,25,36-37H,16H2,1H3,(H2,31,32,33)/t17?,25-/m1/s1. The molecule has 4 N–H and O–H groups in total. The van der Waals surface area contributed by atoms with E-state index in [1.54, 1.807) is 18.5 Å². The lowest BCUT2D eigenvalue weighted by Crippen LogP contribution is -2.27. The van der Waals surface area contributed by atoms with Gasteiger partial charge in [0.25, 0.3) is 5.89 Å². The molecule has 0 spiro atoms. The SMILES string of the molecule is CC1OB(O)c2ccc(Nc3cc(N[C@H](CO)c4ccccc4)c(-c4nc(-c5ccccn5)no4)cn3)cc21. The smallest absolute Gasteiger partial charge is 0.423 e. The molecule has 10 nitrogen and oxygen atoms in total. The maximum absolute atomic E-state index is 10.2. The molecule has 194 valence electrons. The molecule has 1 aliphatic heterocycles. The van der Waals surface area contributed by atoms with Crippen molar-refractivity contribution in [3.8, 4) is 23.0 Å². The van der Waals surface area contributed by atoms with E-state index in [1.165, 1.54) is 0 Å². The topological polar surface area (TPSA) is 138 Å². The van der Waals surface area contributed by atoms with Crippen molar-refractivity contribution in [3.63, 3.8) is 0 Å². The van der Waals surface area contributed by atoms with E-state index in [4.69, 9.17) is 9.18 Å². The maximum Gasteiger partial charge on any atom is 0.491 e. The molecule has 4 heterocycles. The minimum Gasteiger partial charge on any atom is -0.423 e. The second-order valence-corrected chi connectivity index (χ2v) is 9.14. The highest BCUT2D eigenvalue weighted by molar-refractivity contribution is 6.61. The molecular formula is C28H25BN6O4. The Kier molecular flexibility index (Phi) is 6.76. The fourth-order valence-electron chi connectivity index (χ4n) is 4.57. The maximum atomic E-state index is 10.2. The minimum atomic E-state index is -0.920. The van der Waals surface area contributed by atoms with Gasteiger partial charge in [0.2, 0.25) is 5.82 Å². The number of aromatic nitrogens is 4. The molecule has 2 aromatic carbocycles. The second kappa shape index (κ2) is 10.7. The zero-order chi connectivity index (χ0) is 26.8. The predicted octanol–water partition coefficient (Wildman–Crippen LogP) is 3.86. The fourth-order valence-corrected chi connectivity index (χ4v) is 4.57. The number of aliphatic hydroxyl groups excluding tert-OH is 1. The number of anilines is 3. The van der Waals surface area contributed by atoms with Crippen LogP contribution in [0.1, 0.15) is 30.2 Å². The molecule has 5 aromatic rings. The van der Waals surface area contributed by atoms with E-state index in [9.17, 15) is 10.1 Å². The largest absolute Gasteiger partial charge is 0.491 e. The van der Waals surface area contributed by atoms with E-state index in [0.717, 1.165) is 22.3 Å². The third-order valence-electron chi connectivity index (χ3n) is 6.56. The first-order valence-corrected chi connectivity index (χ1v) is 12.5. The third kappa shape index (κ3) is 5.10. The van der Waals surface area contributed by atoms with Crippen LogP contribution in [0.2, 0.25) is 0 Å². The first-order valence-electron chi connectivity index (χ1n) is 12.5. The van der Waals surface area contributed by atoms with Crippen LogP contribution < -0.4 is 16.1 Å². The molecule has 6 rings (SSSR count). The van der Waals surface area contributed by atoms with E-state index in [-0.39, 0.29) is 18.6 Å². The first kappa shape index (κ1) is 24.7. The number of benzene rings is 2. The van der Waals surface area contributed by atoms with Gasteiger partial charge in [0, 0.05) is 24.1 Å². The Balaban J connectivity index is 1.35. The van der Waals surface area contributed by atoms with Crippen LogP contribution >= 0.6 is 0 Å². The fraction of sp³-hybridized carbons (Fsp3) is 0.143. The minimum absolute atomic E-state index is 0.136. The Bertz CT molecular complexity index is 1580. The molecule has 1 unspecified atom stereocenters. The van der Waals surface area contributed by atoms with Crippen LogP contribution in [0.5, 0.6) is 0 Å². The molecule has 0 fully saturated rings. The normalized spacial score (nSPS) is 15.2. The Hall–Kier alpha value is -4.58. The van der Waals surface area contributed by atoms with Crippen LogP contribution in [0.15, 0.2) is 89.7 Å². The Morgan fingerprint density at radius 1 is 1.03 bits per heavy atom. The summed E-state index contributed by atoms with van der Waals surface area (Å²) >= 11 is 0. The summed E-state index contributed by atoms with van der Waals surface area (Å²) in [6, 6.07) is 22.2. The van der Waals surface area contributed by atoms with Gasteiger partial charge in [-0.3, -0.25) is 4.98 Å². The highest BCUT2D eigenvalue weighted by atomic mass is 16.5. The zero-order valence-corrected chi connectivity index (χ0v) is 21.0. The van der Waals surface area contributed by atoms with Crippen molar-refractivity contribution in [1.82, 2.24) is 20.1 Å². The molecule has 3 aromatic heterocycles. The lowest BCUT2D eigenvalue weighted by molar-refractivity contribution is 0.209. The summed E-state index contributed by atoms with van der Waals surface area (Å²) in [4.78, 5) is 13.4. The molecule has 2 atom stereocenters. The molecule has 0 radical (unpaired) electrons. The summed E-state index contributed by atoms with van der Waals surface area (Å²) < 4.78 is 11.1. The van der Waals surface area contributed by atoms with Crippen molar-refractivity contribution in [1.29, 1.82) is 0 Å². The zero-order valence-electron chi connectivity index (χ0n) is 21.0. The van der Waals surface area contributed by atoms with Gasteiger partial charge in [-0.15, -0.1) is 0 Å². The Morgan fingerprint density at radius 3 is 2.67 bits per heavy atom. The van der Waals surface area contributed by atoms with Crippen molar-refractivity contribution in [2.75, 3.05) is 17.2 Å². The van der Waals surface area contributed by atoms with Gasteiger partial charge in [0.15, 0.2) is 0 Å². The third-order valence-corrected chi connectivity index (χ3v) is 6.56. The van der Waals surface area contributed by atoms with E-state index < -0.39 is 13.2 Å². The van der Waals surface area contributed by atoms with Crippen LogP contribution in [-0.2, 0) is 4.65 Å². The monoisotopic (exact) mass is 520 g/mol. The molecule has 11 heteroatoms. The molecular weight excluding hydrogens is 495 g/mol. The molecule has 0 saturated heterocycles. The number of aliphatic hydroxyl groups is 1. The van der Waals surface area contributed by atoms with Crippen LogP contribution in [0.3, 0.4) is 0 Å². The average molecular weight is 520 g/mol. The second-order valence-electron chi connectivity index (χ2n) is 9.14. The highest BCUT2D eigenvalue weighted by Crippen LogP contribution is 2.33. The van der Waals surface area contributed by atoms with Gasteiger partial charge < -0.3 is 29.9 Å². The Morgan fingerprint density at radius 2 is 1.87 bits per heavy atom. The molecule has 0 amide bonds. The molecule has 0 saturated carbocycles. The summed E-state index contributed by atoms with van der Waals surface area (Å²) in [6.07, 6.45) is 3.09. The summed E-state index contributed by atoms with van der Waals surface area (Å²) in [5.74, 6) is 1.18. The molecule has 39 heavy (non-hydrogen) atoms. The number of hydrogen-bond donors (Lipinski definition) is 4. The van der Waals surface area contributed by atoms with Crippen LogP contribution in [0, 0.1) is 0 Å². The van der Waals surface area contributed by atoms with Gasteiger partial charge in [-0.25, -0.2) is 4.98 Å². The quantitative estimate of drug-likeness (QED) is 0.223. The van der Waals surface area contributed by atoms with Crippen LogP contribution in [0.4, 0.5) is 17.2 Å². The number of rotatable bonds is 8. The van der Waals surface area contributed by atoms with Gasteiger partial charge >= 0.3 is 7.12 Å². The number of pyridine rings is 2. The van der Waals surface area contributed by atoms with E-state index in [1.807, 2.05) is 73.7 Å². The number of nitrogens with one attached hydrogen (secondary N) is 2. The van der Waals surface area contributed by atoms with Crippen molar-refractivity contribution in [2.24, 2.45) is 0 Å². The van der Waals surface area contributed by atoms with Crippen LogP contribution in [-0.4, -0.2) is 44.0 Å². The highest BCUT2D eigenvalue weighted by Gasteiger charge is 2.32. The molecule has 1 aliphatic rings. The van der Waals surface area contributed by atoms with Gasteiger partial charge in [-0.2, -0.15) is 4.98 Å². The Labute approximate surface area is 224 Å². The number of nitrogens with zero attached hydrogens (tertiary/aromatic N) is 4. The summed E-state index contributed by atoms with van der Waals surface area (Å²) in [7, 11) is -0.920. The van der Waals surface area contributed by atoms with Crippen molar-refractivity contribution >= 4 is 29.8 Å². The van der Waals surface area contributed by atoms with Crippen molar-refractivity contribution in [2.45, 2.75) is 19.1 Å².